The normalized spacial score (nSPS) is 11.8. The summed E-state index contributed by atoms with van der Waals surface area (Å²) in [6.07, 6.45) is 0.523. The summed E-state index contributed by atoms with van der Waals surface area (Å²) in [5.74, 6) is 0.344. The fraction of sp³-hybridized carbons (Fsp3) is 0.250. The summed E-state index contributed by atoms with van der Waals surface area (Å²) < 4.78 is 24.3. The van der Waals surface area contributed by atoms with Crippen LogP contribution in [-0.4, -0.2) is 23.2 Å². The maximum absolute atomic E-state index is 13.8. The summed E-state index contributed by atoms with van der Waals surface area (Å²) in [6, 6.07) is 13.7. The van der Waals surface area contributed by atoms with Gasteiger partial charge in [-0.3, -0.25) is 4.79 Å². The van der Waals surface area contributed by atoms with Crippen LogP contribution in [0.1, 0.15) is 30.8 Å². The summed E-state index contributed by atoms with van der Waals surface area (Å²) in [5, 5.41) is 10.8. The minimum Gasteiger partial charge on any atom is -0.494 e. The second kappa shape index (κ2) is 8.44. The highest BCUT2D eigenvalue weighted by Gasteiger charge is 2.14. The maximum Gasteiger partial charge on any atom is 0.247 e. The SMILES string of the molecule is COc1ccc([C@@H](C)NC(=O)CCc2nnc(-c3ccccc3)o2)cc1F. The number of aryl methyl sites for hydroxylation is 1. The molecule has 0 aliphatic rings. The van der Waals surface area contributed by atoms with Crippen molar-refractivity contribution < 1.29 is 18.3 Å². The number of amides is 1. The lowest BCUT2D eigenvalue weighted by Crippen LogP contribution is -2.26. The number of ether oxygens (including phenoxy) is 1. The first-order chi connectivity index (χ1) is 13.1. The zero-order valence-electron chi connectivity index (χ0n) is 15.1. The molecule has 0 unspecified atom stereocenters. The summed E-state index contributed by atoms with van der Waals surface area (Å²) in [7, 11) is 1.41. The van der Waals surface area contributed by atoms with Crippen molar-refractivity contribution in [2.75, 3.05) is 7.11 Å². The van der Waals surface area contributed by atoms with Gasteiger partial charge in [-0.1, -0.05) is 24.3 Å². The Hall–Kier alpha value is -3.22. The number of benzene rings is 2. The van der Waals surface area contributed by atoms with Crippen LogP contribution in [-0.2, 0) is 11.2 Å². The first kappa shape index (κ1) is 18.6. The van der Waals surface area contributed by atoms with Crippen molar-refractivity contribution in [2.24, 2.45) is 0 Å². The van der Waals surface area contributed by atoms with E-state index in [1.807, 2.05) is 30.3 Å². The number of nitrogens with one attached hydrogen (secondary N) is 1. The molecule has 3 aromatic rings. The van der Waals surface area contributed by atoms with Gasteiger partial charge in [0.25, 0.3) is 0 Å². The molecule has 2 aromatic carbocycles. The number of hydrogen-bond acceptors (Lipinski definition) is 5. The van der Waals surface area contributed by atoms with Crippen molar-refractivity contribution in [2.45, 2.75) is 25.8 Å². The Kier molecular flexibility index (Phi) is 5.80. The second-order valence-electron chi connectivity index (χ2n) is 6.05. The Labute approximate surface area is 156 Å². The minimum atomic E-state index is -0.463. The van der Waals surface area contributed by atoms with Crippen LogP contribution in [0.5, 0.6) is 5.75 Å². The minimum absolute atomic E-state index is 0.169. The molecular weight excluding hydrogens is 349 g/mol. The number of carbonyl (C=O) groups excluding carboxylic acids is 1. The molecule has 7 heteroatoms. The Balaban J connectivity index is 1.54. The van der Waals surface area contributed by atoms with E-state index in [2.05, 4.69) is 15.5 Å². The molecule has 0 aliphatic carbocycles. The number of halogens is 1. The van der Waals surface area contributed by atoms with Crippen LogP contribution in [0.2, 0.25) is 0 Å². The number of rotatable bonds is 7. The summed E-state index contributed by atoms with van der Waals surface area (Å²) in [6.45, 7) is 1.79. The van der Waals surface area contributed by atoms with Gasteiger partial charge in [0.05, 0.1) is 13.2 Å². The molecule has 0 fully saturated rings. The molecule has 1 N–H and O–H groups in total. The van der Waals surface area contributed by atoms with Gasteiger partial charge in [-0.2, -0.15) is 0 Å². The standard InChI is InChI=1S/C20H20FN3O3/c1-13(15-8-9-17(26-2)16(21)12-15)22-18(25)10-11-19-23-24-20(27-19)14-6-4-3-5-7-14/h3-9,12-13H,10-11H2,1-2H3,(H,22,25)/t13-/m1/s1. The average molecular weight is 369 g/mol. The van der Waals surface area contributed by atoms with Gasteiger partial charge >= 0.3 is 0 Å². The fourth-order valence-electron chi connectivity index (χ4n) is 2.62. The molecule has 0 saturated heterocycles. The van der Waals surface area contributed by atoms with E-state index in [4.69, 9.17) is 9.15 Å². The third kappa shape index (κ3) is 4.69. The molecular formula is C20H20FN3O3. The van der Waals surface area contributed by atoms with Crippen LogP contribution in [0.15, 0.2) is 52.9 Å². The van der Waals surface area contributed by atoms with Gasteiger partial charge in [-0.15, -0.1) is 10.2 Å². The Morgan fingerprint density at radius 3 is 2.70 bits per heavy atom. The van der Waals surface area contributed by atoms with Crippen LogP contribution in [0, 0.1) is 5.82 Å². The van der Waals surface area contributed by atoms with Crippen molar-refractivity contribution in [3.63, 3.8) is 0 Å². The van der Waals surface area contributed by atoms with Gasteiger partial charge in [-0.05, 0) is 36.8 Å². The molecule has 0 spiro atoms. The first-order valence-electron chi connectivity index (χ1n) is 8.57. The lowest BCUT2D eigenvalue weighted by molar-refractivity contribution is -0.121. The molecule has 1 amide bonds. The van der Waals surface area contributed by atoms with Gasteiger partial charge < -0.3 is 14.5 Å². The van der Waals surface area contributed by atoms with Crippen molar-refractivity contribution in [1.29, 1.82) is 0 Å². The number of hydrogen-bond donors (Lipinski definition) is 1. The molecule has 0 saturated carbocycles. The zero-order valence-corrected chi connectivity index (χ0v) is 15.1. The van der Waals surface area contributed by atoms with E-state index in [0.717, 1.165) is 5.56 Å². The van der Waals surface area contributed by atoms with E-state index in [1.54, 1.807) is 13.0 Å². The molecule has 140 valence electrons. The number of carbonyl (C=O) groups is 1. The maximum atomic E-state index is 13.8. The van der Waals surface area contributed by atoms with Crippen molar-refractivity contribution >= 4 is 5.91 Å². The predicted molar refractivity (Wildman–Crippen MR) is 97.6 cm³/mol. The van der Waals surface area contributed by atoms with Gasteiger partial charge in [0, 0.05) is 18.4 Å². The van der Waals surface area contributed by atoms with Crippen LogP contribution in [0.25, 0.3) is 11.5 Å². The molecule has 3 rings (SSSR count). The van der Waals surface area contributed by atoms with E-state index in [-0.39, 0.29) is 24.1 Å². The Morgan fingerprint density at radius 2 is 2.00 bits per heavy atom. The fourth-order valence-corrected chi connectivity index (χ4v) is 2.62. The first-order valence-corrected chi connectivity index (χ1v) is 8.57. The highest BCUT2D eigenvalue weighted by molar-refractivity contribution is 5.76. The van der Waals surface area contributed by atoms with Crippen molar-refractivity contribution in [1.82, 2.24) is 15.5 Å². The highest BCUT2D eigenvalue weighted by atomic mass is 19.1. The van der Waals surface area contributed by atoms with Crippen LogP contribution < -0.4 is 10.1 Å². The molecule has 27 heavy (non-hydrogen) atoms. The van der Waals surface area contributed by atoms with Crippen molar-refractivity contribution in [3.05, 3.63) is 65.8 Å². The van der Waals surface area contributed by atoms with Crippen LogP contribution in [0.4, 0.5) is 4.39 Å². The predicted octanol–water partition coefficient (Wildman–Crippen LogP) is 3.69. The smallest absolute Gasteiger partial charge is 0.247 e. The number of nitrogens with zero attached hydrogens (tertiary/aromatic N) is 2. The van der Waals surface area contributed by atoms with Gasteiger partial charge in [-0.25, -0.2) is 4.39 Å². The average Bonchev–Trinajstić information content (AvgIpc) is 3.16. The Bertz CT molecular complexity index is 912. The lowest BCUT2D eigenvalue weighted by atomic mass is 10.1. The van der Waals surface area contributed by atoms with Crippen LogP contribution in [0.3, 0.4) is 0 Å². The quantitative estimate of drug-likeness (QED) is 0.687. The molecule has 6 nitrogen and oxygen atoms in total. The molecule has 0 aliphatic heterocycles. The van der Waals surface area contributed by atoms with E-state index >= 15 is 0 Å². The topological polar surface area (TPSA) is 77.2 Å². The van der Waals surface area contributed by atoms with E-state index in [9.17, 15) is 9.18 Å². The summed E-state index contributed by atoms with van der Waals surface area (Å²) in [4.78, 5) is 12.2. The largest absolute Gasteiger partial charge is 0.494 e. The number of methoxy groups -OCH3 is 1. The van der Waals surface area contributed by atoms with E-state index in [1.165, 1.54) is 19.2 Å². The van der Waals surface area contributed by atoms with E-state index in [0.29, 0.717) is 23.8 Å². The third-order valence-electron chi connectivity index (χ3n) is 4.11. The number of aromatic nitrogens is 2. The van der Waals surface area contributed by atoms with Gasteiger partial charge in [0.1, 0.15) is 0 Å². The van der Waals surface area contributed by atoms with Crippen LogP contribution >= 0.6 is 0 Å². The zero-order chi connectivity index (χ0) is 19.2. The molecule has 0 bridgehead atoms. The lowest BCUT2D eigenvalue weighted by Gasteiger charge is -2.15. The highest BCUT2D eigenvalue weighted by Crippen LogP contribution is 2.22. The molecule has 1 atom stereocenters. The Morgan fingerprint density at radius 1 is 1.22 bits per heavy atom. The molecule has 1 aromatic heterocycles. The van der Waals surface area contributed by atoms with Gasteiger partial charge in [0.15, 0.2) is 11.6 Å². The van der Waals surface area contributed by atoms with Gasteiger partial charge in [0.2, 0.25) is 17.7 Å². The third-order valence-corrected chi connectivity index (χ3v) is 4.11. The summed E-state index contributed by atoms with van der Waals surface area (Å²) >= 11 is 0. The van der Waals surface area contributed by atoms with Crippen molar-refractivity contribution in [3.8, 4) is 17.2 Å². The van der Waals surface area contributed by atoms with E-state index < -0.39 is 5.82 Å². The molecule has 0 radical (unpaired) electrons. The second-order valence-corrected chi connectivity index (χ2v) is 6.05. The monoisotopic (exact) mass is 369 g/mol. The summed E-state index contributed by atoms with van der Waals surface area (Å²) in [5.41, 5.74) is 1.49. The molecule has 1 heterocycles.